The molecule has 2 N–H and O–H groups in total. The molecule has 0 aliphatic rings. The van der Waals surface area contributed by atoms with Gasteiger partial charge in [-0.15, -0.1) is 0 Å². The molecule has 8 nitrogen and oxygen atoms in total. The SMILES string of the molecule is c1cnc2nc(-c3n[nH]c4cnc(-c5cnccn5)cc34)[nH]c2c1. The van der Waals surface area contributed by atoms with Crippen molar-refractivity contribution in [3.8, 4) is 22.9 Å². The number of hydrogen-bond donors (Lipinski definition) is 2. The van der Waals surface area contributed by atoms with Crippen LogP contribution in [0.4, 0.5) is 0 Å². The van der Waals surface area contributed by atoms with Gasteiger partial charge in [-0.25, -0.2) is 9.97 Å². The second-order valence-electron chi connectivity index (χ2n) is 5.24. The van der Waals surface area contributed by atoms with Gasteiger partial charge in [-0.2, -0.15) is 5.10 Å². The molecule has 0 amide bonds. The molecule has 0 saturated heterocycles. The van der Waals surface area contributed by atoms with Crippen molar-refractivity contribution in [3.05, 3.63) is 49.2 Å². The van der Waals surface area contributed by atoms with Crippen molar-refractivity contribution in [1.29, 1.82) is 0 Å². The van der Waals surface area contributed by atoms with Gasteiger partial charge >= 0.3 is 0 Å². The number of hydrogen-bond acceptors (Lipinski definition) is 6. The summed E-state index contributed by atoms with van der Waals surface area (Å²) in [6.07, 6.45) is 8.40. The largest absolute Gasteiger partial charge is 0.335 e. The topological polar surface area (TPSA) is 109 Å². The molecular formula is C16H10N8. The smallest absolute Gasteiger partial charge is 0.178 e. The van der Waals surface area contributed by atoms with E-state index in [0.717, 1.165) is 27.8 Å². The number of imidazole rings is 1. The van der Waals surface area contributed by atoms with Crippen molar-refractivity contribution in [2.75, 3.05) is 0 Å². The Kier molecular flexibility index (Phi) is 2.63. The van der Waals surface area contributed by atoms with Crippen molar-refractivity contribution in [2.24, 2.45) is 0 Å². The lowest BCUT2D eigenvalue weighted by molar-refractivity contribution is 1.10. The second-order valence-corrected chi connectivity index (χ2v) is 5.24. The molecular weight excluding hydrogens is 304 g/mol. The van der Waals surface area contributed by atoms with E-state index in [-0.39, 0.29) is 0 Å². The number of aromatic amines is 2. The summed E-state index contributed by atoms with van der Waals surface area (Å²) in [6, 6.07) is 5.72. The van der Waals surface area contributed by atoms with Gasteiger partial charge in [0.1, 0.15) is 11.4 Å². The van der Waals surface area contributed by atoms with E-state index >= 15 is 0 Å². The van der Waals surface area contributed by atoms with Crippen molar-refractivity contribution >= 4 is 22.1 Å². The fraction of sp³-hybridized carbons (Fsp3) is 0. The van der Waals surface area contributed by atoms with Crippen LogP contribution in [0.5, 0.6) is 0 Å². The highest BCUT2D eigenvalue weighted by molar-refractivity contribution is 5.93. The van der Waals surface area contributed by atoms with Gasteiger partial charge in [0.25, 0.3) is 0 Å². The summed E-state index contributed by atoms with van der Waals surface area (Å²) in [6.45, 7) is 0. The molecule has 114 valence electrons. The van der Waals surface area contributed by atoms with Gasteiger partial charge in [0, 0.05) is 24.0 Å². The lowest BCUT2D eigenvalue weighted by atomic mass is 10.2. The lowest BCUT2D eigenvalue weighted by Gasteiger charge is -1.99. The van der Waals surface area contributed by atoms with E-state index in [9.17, 15) is 0 Å². The zero-order valence-electron chi connectivity index (χ0n) is 12.3. The molecule has 5 aromatic heterocycles. The maximum absolute atomic E-state index is 4.51. The Labute approximate surface area is 135 Å². The minimum atomic E-state index is 0.659. The molecule has 0 aromatic carbocycles. The first-order valence-electron chi connectivity index (χ1n) is 7.30. The first-order chi connectivity index (χ1) is 11.9. The number of pyridine rings is 2. The summed E-state index contributed by atoms with van der Waals surface area (Å²) in [5.41, 5.74) is 4.51. The van der Waals surface area contributed by atoms with Crippen molar-refractivity contribution in [1.82, 2.24) is 40.1 Å². The number of rotatable bonds is 2. The zero-order chi connectivity index (χ0) is 15.9. The predicted molar refractivity (Wildman–Crippen MR) is 87.8 cm³/mol. The van der Waals surface area contributed by atoms with Crippen LogP contribution in [-0.4, -0.2) is 40.1 Å². The van der Waals surface area contributed by atoms with E-state index in [2.05, 4.69) is 40.1 Å². The Morgan fingerprint density at radius 1 is 0.875 bits per heavy atom. The average Bonchev–Trinajstić information content (AvgIpc) is 3.25. The van der Waals surface area contributed by atoms with E-state index < -0.39 is 0 Å². The minimum Gasteiger partial charge on any atom is -0.335 e. The zero-order valence-corrected chi connectivity index (χ0v) is 12.3. The van der Waals surface area contributed by atoms with Gasteiger partial charge < -0.3 is 4.98 Å². The van der Waals surface area contributed by atoms with Crippen molar-refractivity contribution < 1.29 is 0 Å². The van der Waals surface area contributed by atoms with Crippen LogP contribution in [-0.2, 0) is 0 Å². The van der Waals surface area contributed by atoms with E-state index in [1.54, 1.807) is 31.0 Å². The lowest BCUT2D eigenvalue weighted by Crippen LogP contribution is -1.88. The normalized spacial score (nSPS) is 11.3. The maximum atomic E-state index is 4.51. The fourth-order valence-corrected chi connectivity index (χ4v) is 2.63. The number of nitrogens with zero attached hydrogens (tertiary/aromatic N) is 6. The molecule has 0 atom stereocenters. The predicted octanol–water partition coefficient (Wildman–Crippen LogP) is 2.35. The fourth-order valence-electron chi connectivity index (χ4n) is 2.63. The van der Waals surface area contributed by atoms with Crippen LogP contribution in [0.2, 0.25) is 0 Å². The van der Waals surface area contributed by atoms with Crippen molar-refractivity contribution in [3.63, 3.8) is 0 Å². The molecule has 8 heteroatoms. The standard InChI is InChI=1S/C16H10N8/c1-2-10-15(19-3-1)22-16(21-10)14-9-6-11(13-7-17-4-5-18-13)20-8-12(9)23-24-14/h1-8H,(H,23,24)(H,19,21,22). The Morgan fingerprint density at radius 3 is 2.75 bits per heavy atom. The molecule has 0 aliphatic heterocycles. The quantitative estimate of drug-likeness (QED) is 0.517. The third-order valence-corrected chi connectivity index (χ3v) is 3.75. The van der Waals surface area contributed by atoms with Crippen LogP contribution in [0, 0.1) is 0 Å². The Morgan fingerprint density at radius 2 is 1.88 bits per heavy atom. The number of nitrogens with one attached hydrogen (secondary N) is 2. The molecule has 0 saturated carbocycles. The van der Waals surface area contributed by atoms with Gasteiger partial charge in [-0.3, -0.25) is 20.1 Å². The summed E-state index contributed by atoms with van der Waals surface area (Å²) >= 11 is 0. The highest BCUT2D eigenvalue weighted by Gasteiger charge is 2.14. The molecule has 5 rings (SSSR count). The molecule has 0 unspecified atom stereocenters. The first kappa shape index (κ1) is 12.8. The van der Waals surface area contributed by atoms with Crippen LogP contribution in [0.3, 0.4) is 0 Å². The number of aromatic nitrogens is 8. The van der Waals surface area contributed by atoms with Crippen LogP contribution < -0.4 is 0 Å². The summed E-state index contributed by atoms with van der Waals surface area (Å²) in [5, 5.41) is 8.26. The monoisotopic (exact) mass is 314 g/mol. The van der Waals surface area contributed by atoms with E-state index in [4.69, 9.17) is 0 Å². The summed E-state index contributed by atoms with van der Waals surface area (Å²) < 4.78 is 0. The van der Waals surface area contributed by atoms with E-state index in [0.29, 0.717) is 17.2 Å². The van der Waals surface area contributed by atoms with Gasteiger partial charge in [0.15, 0.2) is 11.5 Å². The third kappa shape index (κ3) is 1.93. The summed E-state index contributed by atoms with van der Waals surface area (Å²) in [4.78, 5) is 24.8. The molecule has 0 radical (unpaired) electrons. The van der Waals surface area contributed by atoms with Gasteiger partial charge in [0.2, 0.25) is 0 Å². The molecule has 0 aliphatic carbocycles. The third-order valence-electron chi connectivity index (χ3n) is 3.75. The van der Waals surface area contributed by atoms with E-state index in [1.165, 1.54) is 0 Å². The minimum absolute atomic E-state index is 0.659. The van der Waals surface area contributed by atoms with Crippen LogP contribution >= 0.6 is 0 Å². The molecule has 5 heterocycles. The highest BCUT2D eigenvalue weighted by atomic mass is 15.1. The Balaban J connectivity index is 1.71. The van der Waals surface area contributed by atoms with Gasteiger partial charge in [0.05, 0.1) is 29.1 Å². The van der Waals surface area contributed by atoms with Crippen LogP contribution in [0.15, 0.2) is 49.2 Å². The van der Waals surface area contributed by atoms with Crippen LogP contribution in [0.25, 0.3) is 45.0 Å². The van der Waals surface area contributed by atoms with Crippen LogP contribution in [0.1, 0.15) is 0 Å². The summed E-state index contributed by atoms with van der Waals surface area (Å²) in [7, 11) is 0. The molecule has 0 bridgehead atoms. The molecule has 5 aromatic rings. The van der Waals surface area contributed by atoms with Gasteiger partial charge in [-0.05, 0) is 18.2 Å². The average molecular weight is 314 g/mol. The highest BCUT2D eigenvalue weighted by Crippen LogP contribution is 2.27. The Hall–Kier alpha value is -3.68. The van der Waals surface area contributed by atoms with Gasteiger partial charge in [-0.1, -0.05) is 0 Å². The molecule has 0 fully saturated rings. The number of H-pyrrole nitrogens is 2. The number of fused-ring (bicyclic) bond motifs is 2. The van der Waals surface area contributed by atoms with E-state index in [1.807, 2.05) is 18.2 Å². The molecule has 0 spiro atoms. The maximum Gasteiger partial charge on any atom is 0.178 e. The summed E-state index contributed by atoms with van der Waals surface area (Å²) in [5.74, 6) is 0.659. The second kappa shape index (κ2) is 4.92. The van der Waals surface area contributed by atoms with Crippen molar-refractivity contribution in [2.45, 2.75) is 0 Å². The molecule has 24 heavy (non-hydrogen) atoms. The first-order valence-corrected chi connectivity index (χ1v) is 7.30. The Bertz CT molecular complexity index is 1130.